The van der Waals surface area contributed by atoms with E-state index in [4.69, 9.17) is 28.4 Å². The molecule has 1 aromatic heterocycles. The second kappa shape index (κ2) is 13.6. The first-order valence-electron chi connectivity index (χ1n) is 16.0. The number of hydrogen-bond acceptors (Lipinski definition) is 10. The third kappa shape index (κ3) is 6.05. The summed E-state index contributed by atoms with van der Waals surface area (Å²) in [4.78, 5) is 39.1. The molecule has 49 heavy (non-hydrogen) atoms. The highest BCUT2D eigenvalue weighted by Gasteiger charge is 2.71. The molecule has 2 fully saturated rings. The van der Waals surface area contributed by atoms with Gasteiger partial charge >= 0.3 is 11.7 Å². The molecule has 4 atom stereocenters. The Bertz CT molecular complexity index is 1840. The van der Waals surface area contributed by atoms with Crippen LogP contribution in [-0.4, -0.2) is 72.0 Å². The largest absolute Gasteiger partial charge is 0.497 e. The molecule has 0 radical (unpaired) electrons. The van der Waals surface area contributed by atoms with Crippen LogP contribution in [0.1, 0.15) is 48.2 Å². The highest BCUT2D eigenvalue weighted by atomic mass is 16.7. The number of benzene rings is 3. The molecule has 0 saturated carbocycles. The van der Waals surface area contributed by atoms with Gasteiger partial charge in [0.05, 0.1) is 34.0 Å². The molecule has 0 amide bonds. The molecule has 2 N–H and O–H groups in total. The molecule has 0 unspecified atom stereocenters. The third-order valence-corrected chi connectivity index (χ3v) is 9.48. The molecule has 3 aromatic carbocycles. The Kier molecular flexibility index (Phi) is 9.50. The second-order valence-corrected chi connectivity index (χ2v) is 12.4. The van der Waals surface area contributed by atoms with Crippen LogP contribution in [0.5, 0.6) is 11.5 Å². The van der Waals surface area contributed by atoms with Gasteiger partial charge in [0.1, 0.15) is 34.4 Å². The van der Waals surface area contributed by atoms with Gasteiger partial charge in [-0.25, -0.2) is 4.79 Å². The lowest BCUT2D eigenvalue weighted by atomic mass is 9.78. The van der Waals surface area contributed by atoms with Crippen molar-refractivity contribution in [3.05, 3.63) is 128 Å². The summed E-state index contributed by atoms with van der Waals surface area (Å²) >= 11 is 0. The van der Waals surface area contributed by atoms with E-state index in [0.29, 0.717) is 11.5 Å². The van der Waals surface area contributed by atoms with Crippen LogP contribution < -0.4 is 20.7 Å². The van der Waals surface area contributed by atoms with Crippen molar-refractivity contribution in [1.82, 2.24) is 9.55 Å². The van der Waals surface area contributed by atoms with Gasteiger partial charge in [0.15, 0.2) is 6.23 Å². The highest BCUT2D eigenvalue weighted by Crippen LogP contribution is 2.55. The van der Waals surface area contributed by atoms with Gasteiger partial charge in [-0.1, -0.05) is 54.6 Å². The van der Waals surface area contributed by atoms with E-state index < -0.39 is 46.4 Å². The van der Waals surface area contributed by atoms with Crippen molar-refractivity contribution in [3.63, 3.8) is 0 Å². The fourth-order valence-electron chi connectivity index (χ4n) is 6.90. The minimum atomic E-state index is -1.69. The van der Waals surface area contributed by atoms with Gasteiger partial charge in [-0.2, -0.15) is 0 Å². The maximum absolute atomic E-state index is 13.1. The monoisotopic (exact) mass is 672 g/mol. The van der Waals surface area contributed by atoms with Crippen molar-refractivity contribution in [2.45, 2.75) is 55.8 Å². The van der Waals surface area contributed by atoms with Gasteiger partial charge < -0.3 is 33.5 Å². The van der Waals surface area contributed by atoms with Crippen molar-refractivity contribution in [2.24, 2.45) is 0 Å². The van der Waals surface area contributed by atoms with Crippen molar-refractivity contribution in [3.8, 4) is 11.5 Å². The maximum atomic E-state index is 13.1. The van der Waals surface area contributed by atoms with E-state index in [2.05, 4.69) is 4.98 Å². The number of hydrogen-bond donors (Lipinski definition) is 2. The van der Waals surface area contributed by atoms with Crippen molar-refractivity contribution < 1.29 is 38.3 Å². The topological polar surface area (TPSA) is 148 Å². The third-order valence-electron chi connectivity index (χ3n) is 9.48. The molecule has 0 spiro atoms. The number of aromatic nitrogens is 2. The lowest BCUT2D eigenvalue weighted by Crippen LogP contribution is -2.56. The van der Waals surface area contributed by atoms with Crippen LogP contribution in [0.2, 0.25) is 0 Å². The summed E-state index contributed by atoms with van der Waals surface area (Å²) in [5.74, 6) is 0.889. The Labute approximate surface area is 283 Å². The first-order valence-corrected chi connectivity index (χ1v) is 16.0. The van der Waals surface area contributed by atoms with Crippen LogP contribution in [0.25, 0.3) is 0 Å². The molecule has 0 aliphatic carbocycles. The predicted octanol–water partition coefficient (Wildman–Crippen LogP) is 3.61. The summed E-state index contributed by atoms with van der Waals surface area (Å²) in [6.07, 6.45) is -0.316. The molecular weight excluding hydrogens is 632 g/mol. The van der Waals surface area contributed by atoms with Crippen molar-refractivity contribution in [1.29, 1.82) is 0 Å². The molecule has 2 saturated heterocycles. The number of nitrogens with one attached hydrogen (secondary N) is 1. The average Bonchev–Trinajstić information content (AvgIpc) is 3.52. The summed E-state index contributed by atoms with van der Waals surface area (Å²) in [5, 5.41) is 12.6. The lowest BCUT2D eigenvalue weighted by Gasteiger charge is -2.41. The molecule has 6 rings (SSSR count). The average molecular weight is 673 g/mol. The number of aryl methyl sites for hydroxylation is 1. The van der Waals surface area contributed by atoms with Gasteiger partial charge in [-0.05, 0) is 60.7 Å². The number of carbonyl (C=O) groups is 1. The van der Waals surface area contributed by atoms with Crippen LogP contribution in [0.15, 0.2) is 94.6 Å². The molecule has 4 aromatic rings. The molecule has 3 heterocycles. The molecule has 2 aliphatic heterocycles. The zero-order valence-electron chi connectivity index (χ0n) is 27.8. The van der Waals surface area contributed by atoms with E-state index in [0.717, 1.165) is 16.7 Å². The van der Waals surface area contributed by atoms with E-state index in [1.807, 2.05) is 78.9 Å². The zero-order valence-corrected chi connectivity index (χ0v) is 27.8. The Hall–Kier alpha value is -4.75. The highest BCUT2D eigenvalue weighted by molar-refractivity contribution is 5.65. The van der Waals surface area contributed by atoms with Crippen molar-refractivity contribution in [2.75, 3.05) is 34.0 Å². The number of nitrogens with zero attached hydrogens (tertiary/aromatic N) is 1. The normalized spacial score (nSPS) is 23.0. The molecule has 12 nitrogen and oxygen atoms in total. The van der Waals surface area contributed by atoms with E-state index in [1.54, 1.807) is 21.1 Å². The van der Waals surface area contributed by atoms with Crippen LogP contribution in [0, 0.1) is 6.92 Å². The number of fused-ring (bicyclic) bond motifs is 2. The maximum Gasteiger partial charge on any atom is 0.330 e. The SMILES string of the molecule is COc1ccc(C(OC[C@@]23CO[C@@H]([C@H](n4cc(C)c(=O)[nH]c4=O)O2)[C@@]3(O)CCCOC(C)=O)(c2ccccc2)c2ccc(OC)cc2)cc1. The van der Waals surface area contributed by atoms with Gasteiger partial charge in [-0.15, -0.1) is 0 Å². The number of methoxy groups -OCH3 is 2. The number of ether oxygens (including phenoxy) is 6. The fraction of sp³-hybridized carbons (Fsp3) is 0.378. The first kappa shape index (κ1) is 34.1. The Morgan fingerprint density at radius 3 is 2.12 bits per heavy atom. The number of aliphatic hydroxyl groups is 1. The standard InChI is InChI=1S/C37H40N2O10/c1-24-21-39(34(42)38-32(24)41)33-31-36(43,19-8-20-46-25(2)40)35(49-33,22-47-31)23-48-37(26-9-6-5-7-10-26,27-11-15-29(44-3)16-12-27)28-13-17-30(45-4)18-14-28/h5-7,9-18,21,31,33,43H,8,19-20,22-23H2,1-4H3,(H,38,41,42)/t31-,33+,35+,36-/m0/s1. The first-order chi connectivity index (χ1) is 23.6. The summed E-state index contributed by atoms with van der Waals surface area (Å²) in [6, 6.07) is 24.8. The molecule has 12 heteroatoms. The molecule has 258 valence electrons. The van der Waals surface area contributed by atoms with Crippen LogP contribution in [0.3, 0.4) is 0 Å². The second-order valence-electron chi connectivity index (χ2n) is 12.4. The molecule has 2 aliphatic rings. The van der Waals surface area contributed by atoms with E-state index in [1.165, 1.54) is 17.7 Å². The van der Waals surface area contributed by atoms with Gasteiger partial charge in [-0.3, -0.25) is 19.1 Å². The fourth-order valence-corrected chi connectivity index (χ4v) is 6.90. The summed E-state index contributed by atoms with van der Waals surface area (Å²) in [5.41, 5.74) is -3.00. The number of carbonyl (C=O) groups excluding carboxylic acids is 1. The van der Waals surface area contributed by atoms with Gasteiger partial charge in [0.2, 0.25) is 0 Å². The Morgan fingerprint density at radius 2 is 1.55 bits per heavy atom. The Morgan fingerprint density at radius 1 is 0.959 bits per heavy atom. The minimum absolute atomic E-state index is 0.0502. The number of esters is 1. The minimum Gasteiger partial charge on any atom is -0.497 e. The Balaban J connectivity index is 1.47. The van der Waals surface area contributed by atoms with Gasteiger partial charge in [0.25, 0.3) is 5.56 Å². The number of rotatable bonds is 13. The smallest absolute Gasteiger partial charge is 0.330 e. The summed E-state index contributed by atoms with van der Waals surface area (Å²) in [6.45, 7) is 2.72. The predicted molar refractivity (Wildman–Crippen MR) is 178 cm³/mol. The van der Waals surface area contributed by atoms with E-state index in [-0.39, 0.29) is 38.2 Å². The van der Waals surface area contributed by atoms with E-state index >= 15 is 0 Å². The molecule has 2 bridgehead atoms. The summed E-state index contributed by atoms with van der Waals surface area (Å²) < 4.78 is 37.4. The van der Waals surface area contributed by atoms with Gasteiger partial charge in [0, 0.05) is 18.7 Å². The summed E-state index contributed by atoms with van der Waals surface area (Å²) in [7, 11) is 3.20. The van der Waals surface area contributed by atoms with Crippen LogP contribution >= 0.6 is 0 Å². The number of H-pyrrole nitrogens is 1. The van der Waals surface area contributed by atoms with E-state index in [9.17, 15) is 19.5 Å². The lowest BCUT2D eigenvalue weighted by molar-refractivity contribution is -0.211. The molecular formula is C37H40N2O10. The quantitative estimate of drug-likeness (QED) is 0.123. The van der Waals surface area contributed by atoms with Crippen LogP contribution in [0.4, 0.5) is 0 Å². The van der Waals surface area contributed by atoms with Crippen molar-refractivity contribution >= 4 is 5.97 Å². The zero-order chi connectivity index (χ0) is 34.8. The van der Waals surface area contributed by atoms with Crippen LogP contribution in [-0.2, 0) is 29.3 Å². The number of aromatic amines is 1.